The molecule has 0 radical (unpaired) electrons. The summed E-state index contributed by atoms with van der Waals surface area (Å²) in [4.78, 5) is 13.1. The summed E-state index contributed by atoms with van der Waals surface area (Å²) < 4.78 is 0. The predicted octanol–water partition coefficient (Wildman–Crippen LogP) is 5.24. The third-order valence-electron chi connectivity index (χ3n) is 5.04. The maximum Gasteiger partial charge on any atom is 0.142 e. The summed E-state index contributed by atoms with van der Waals surface area (Å²) in [5.41, 5.74) is 13.0. The number of benzene rings is 1. The lowest BCUT2D eigenvalue weighted by Crippen LogP contribution is -2.25. The van der Waals surface area contributed by atoms with Crippen LogP contribution in [0.25, 0.3) is 22.8 Å². The van der Waals surface area contributed by atoms with Crippen molar-refractivity contribution in [1.82, 2.24) is 19.9 Å². The van der Waals surface area contributed by atoms with Gasteiger partial charge < -0.3 is 15.6 Å². The van der Waals surface area contributed by atoms with E-state index in [1.54, 1.807) is 6.20 Å². The van der Waals surface area contributed by atoms with Gasteiger partial charge >= 0.3 is 0 Å². The number of rotatable bonds is 4. The number of nitrogen functional groups attached to an aromatic ring is 1. The number of hydrogen-bond donors (Lipinski definition) is 2. The SMILES string of the molecule is C=C1c2c(cccc2CC)C=C(CC)N1CCC.Nc1ncnc2[nH]ccc12. The van der Waals surface area contributed by atoms with Gasteiger partial charge in [-0.25, -0.2) is 9.97 Å². The lowest BCUT2D eigenvalue weighted by molar-refractivity contribution is 0.471. The van der Waals surface area contributed by atoms with Gasteiger partial charge in [0.05, 0.1) is 5.39 Å². The number of nitrogens with one attached hydrogen (secondary N) is 1. The highest BCUT2D eigenvalue weighted by atomic mass is 15.1. The highest BCUT2D eigenvalue weighted by Gasteiger charge is 2.21. The Balaban J connectivity index is 0.000000188. The van der Waals surface area contributed by atoms with Gasteiger partial charge in [0.25, 0.3) is 0 Å². The number of allylic oxidation sites excluding steroid dienone is 1. The third-order valence-corrected chi connectivity index (χ3v) is 5.04. The number of aromatic amines is 1. The molecule has 2 aromatic heterocycles. The number of aromatic nitrogens is 3. The molecule has 0 saturated heterocycles. The standard InChI is InChI=1S/C17H23N.C6H6N4/c1-5-11-18-13(4)17-14(6-2)9-8-10-15(17)12-16(18)7-3;7-5-4-1-2-8-6(4)10-3-9-5/h8-10,12H,4-7,11H2,1-3H3;1-3H,(H3,7,8,9,10). The Labute approximate surface area is 167 Å². The molecule has 3 heterocycles. The zero-order valence-electron chi connectivity index (χ0n) is 17.0. The first-order valence-corrected chi connectivity index (χ1v) is 9.93. The van der Waals surface area contributed by atoms with E-state index in [9.17, 15) is 0 Å². The number of H-pyrrole nitrogens is 1. The van der Waals surface area contributed by atoms with Crippen molar-refractivity contribution in [3.8, 4) is 0 Å². The first-order chi connectivity index (χ1) is 13.6. The number of aryl methyl sites for hydroxylation is 1. The van der Waals surface area contributed by atoms with Gasteiger partial charge in [-0.05, 0) is 42.5 Å². The molecular weight excluding hydrogens is 346 g/mol. The van der Waals surface area contributed by atoms with Crippen molar-refractivity contribution in [2.24, 2.45) is 0 Å². The van der Waals surface area contributed by atoms with Crippen LogP contribution in [-0.4, -0.2) is 26.4 Å². The second kappa shape index (κ2) is 8.74. The Morgan fingerprint density at radius 1 is 1.11 bits per heavy atom. The summed E-state index contributed by atoms with van der Waals surface area (Å²) in [7, 11) is 0. The van der Waals surface area contributed by atoms with Crippen molar-refractivity contribution in [3.05, 3.63) is 65.8 Å². The number of fused-ring (bicyclic) bond motifs is 2. The van der Waals surface area contributed by atoms with Crippen LogP contribution in [0.2, 0.25) is 0 Å². The van der Waals surface area contributed by atoms with Crippen molar-refractivity contribution in [1.29, 1.82) is 0 Å². The molecule has 0 bridgehead atoms. The molecule has 1 aliphatic rings. The van der Waals surface area contributed by atoms with Crippen LogP contribution in [0.4, 0.5) is 5.82 Å². The Morgan fingerprint density at radius 3 is 2.61 bits per heavy atom. The molecule has 1 aromatic carbocycles. The van der Waals surface area contributed by atoms with Crippen molar-refractivity contribution in [3.63, 3.8) is 0 Å². The summed E-state index contributed by atoms with van der Waals surface area (Å²) >= 11 is 0. The van der Waals surface area contributed by atoms with Gasteiger partial charge in [-0.2, -0.15) is 0 Å². The van der Waals surface area contributed by atoms with Crippen LogP contribution in [0.5, 0.6) is 0 Å². The highest BCUT2D eigenvalue weighted by Crippen LogP contribution is 2.35. The maximum atomic E-state index is 5.53. The maximum absolute atomic E-state index is 5.53. The Bertz CT molecular complexity index is 999. The van der Waals surface area contributed by atoms with E-state index in [0.717, 1.165) is 36.8 Å². The topological polar surface area (TPSA) is 70.8 Å². The molecule has 0 atom stereocenters. The van der Waals surface area contributed by atoms with Crippen molar-refractivity contribution >= 4 is 28.6 Å². The smallest absolute Gasteiger partial charge is 0.142 e. The van der Waals surface area contributed by atoms with Crippen LogP contribution in [0, 0.1) is 0 Å². The summed E-state index contributed by atoms with van der Waals surface area (Å²) in [5.74, 6) is 0.520. The summed E-state index contributed by atoms with van der Waals surface area (Å²) in [6.07, 6.45) is 8.84. The highest BCUT2D eigenvalue weighted by molar-refractivity contribution is 5.85. The molecule has 0 aliphatic carbocycles. The van der Waals surface area contributed by atoms with Crippen LogP contribution < -0.4 is 5.73 Å². The molecule has 0 saturated carbocycles. The fraction of sp³-hybridized carbons (Fsp3) is 0.304. The molecule has 5 nitrogen and oxygen atoms in total. The summed E-state index contributed by atoms with van der Waals surface area (Å²) in [6.45, 7) is 12.1. The first-order valence-electron chi connectivity index (χ1n) is 9.93. The van der Waals surface area contributed by atoms with Gasteiger partial charge in [0.1, 0.15) is 17.8 Å². The normalized spacial score (nSPS) is 13.0. The van der Waals surface area contributed by atoms with Gasteiger partial charge in [-0.1, -0.05) is 45.5 Å². The molecule has 28 heavy (non-hydrogen) atoms. The summed E-state index contributed by atoms with van der Waals surface area (Å²) in [5, 5.41) is 0.877. The molecule has 0 fully saturated rings. The number of anilines is 1. The minimum atomic E-state index is 0.520. The first kappa shape index (κ1) is 19.7. The van der Waals surface area contributed by atoms with Gasteiger partial charge in [0, 0.05) is 29.7 Å². The third kappa shape index (κ3) is 3.79. The van der Waals surface area contributed by atoms with Crippen LogP contribution >= 0.6 is 0 Å². The minimum absolute atomic E-state index is 0.520. The molecule has 0 unspecified atom stereocenters. The Morgan fingerprint density at radius 2 is 1.93 bits per heavy atom. The van der Waals surface area contributed by atoms with Crippen LogP contribution in [0.3, 0.4) is 0 Å². The van der Waals surface area contributed by atoms with Crippen LogP contribution in [0.15, 0.2) is 49.1 Å². The molecular formula is C23H29N5. The second-order valence-electron chi connectivity index (χ2n) is 6.82. The van der Waals surface area contributed by atoms with E-state index < -0.39 is 0 Å². The molecule has 5 heteroatoms. The largest absolute Gasteiger partial charge is 0.383 e. The number of nitrogens with two attached hydrogens (primary N) is 1. The van der Waals surface area contributed by atoms with E-state index in [1.165, 1.54) is 34.4 Å². The van der Waals surface area contributed by atoms with Gasteiger partial charge in [0.2, 0.25) is 0 Å². The lowest BCUT2D eigenvalue weighted by Gasteiger charge is -2.34. The van der Waals surface area contributed by atoms with E-state index in [1.807, 2.05) is 6.07 Å². The average Bonchev–Trinajstić information content (AvgIpc) is 3.20. The van der Waals surface area contributed by atoms with E-state index in [-0.39, 0.29) is 0 Å². The Kier molecular flexibility index (Phi) is 6.14. The fourth-order valence-corrected chi connectivity index (χ4v) is 3.64. The van der Waals surface area contributed by atoms with Crippen LogP contribution in [-0.2, 0) is 6.42 Å². The molecule has 1 aliphatic heterocycles. The van der Waals surface area contributed by atoms with Gasteiger partial charge in [0.15, 0.2) is 0 Å². The Hall–Kier alpha value is -3.08. The average molecular weight is 376 g/mol. The van der Waals surface area contributed by atoms with Crippen molar-refractivity contribution < 1.29 is 0 Å². The van der Waals surface area contributed by atoms with Gasteiger partial charge in [-0.15, -0.1) is 0 Å². The van der Waals surface area contributed by atoms with E-state index in [2.05, 4.69) is 71.5 Å². The quantitative estimate of drug-likeness (QED) is 0.654. The van der Waals surface area contributed by atoms with E-state index in [4.69, 9.17) is 5.73 Å². The summed E-state index contributed by atoms with van der Waals surface area (Å²) in [6, 6.07) is 8.44. The monoisotopic (exact) mass is 375 g/mol. The minimum Gasteiger partial charge on any atom is -0.383 e. The zero-order chi connectivity index (χ0) is 20.1. The van der Waals surface area contributed by atoms with Crippen molar-refractivity contribution in [2.75, 3.05) is 12.3 Å². The van der Waals surface area contributed by atoms with Gasteiger partial charge in [-0.3, -0.25) is 0 Å². The van der Waals surface area contributed by atoms with E-state index >= 15 is 0 Å². The van der Waals surface area contributed by atoms with E-state index in [0.29, 0.717) is 5.82 Å². The predicted molar refractivity (Wildman–Crippen MR) is 118 cm³/mol. The molecule has 3 N–H and O–H groups in total. The second-order valence-corrected chi connectivity index (χ2v) is 6.82. The molecule has 4 rings (SSSR count). The number of hydrogen-bond acceptors (Lipinski definition) is 4. The van der Waals surface area contributed by atoms with Crippen molar-refractivity contribution in [2.45, 2.75) is 40.0 Å². The number of nitrogens with zero attached hydrogens (tertiary/aromatic N) is 3. The molecule has 146 valence electrons. The zero-order valence-corrected chi connectivity index (χ0v) is 17.0. The molecule has 3 aromatic rings. The molecule has 0 spiro atoms. The molecule has 0 amide bonds. The van der Waals surface area contributed by atoms with Crippen LogP contribution in [0.1, 0.15) is 50.3 Å². The lowest BCUT2D eigenvalue weighted by atomic mass is 9.92. The fourth-order valence-electron chi connectivity index (χ4n) is 3.64.